The number of thioether (sulfide) groups is 1. The molecule has 2 nitrogen and oxygen atoms in total. The van der Waals surface area contributed by atoms with Gasteiger partial charge in [0.1, 0.15) is 5.82 Å². The van der Waals surface area contributed by atoms with Gasteiger partial charge in [-0.3, -0.25) is 9.59 Å². The van der Waals surface area contributed by atoms with E-state index in [4.69, 9.17) is 0 Å². The van der Waals surface area contributed by atoms with E-state index in [-0.39, 0.29) is 16.2 Å². The van der Waals surface area contributed by atoms with E-state index in [1.54, 1.807) is 0 Å². The number of benzene rings is 1. The van der Waals surface area contributed by atoms with Crippen molar-refractivity contribution in [2.75, 3.05) is 5.75 Å². The zero-order chi connectivity index (χ0) is 12.7. The van der Waals surface area contributed by atoms with Gasteiger partial charge in [0.05, 0.1) is 5.56 Å². The van der Waals surface area contributed by atoms with Gasteiger partial charge < -0.3 is 0 Å². The number of hydrogen-bond acceptors (Lipinski definition) is 3. The molecule has 0 unspecified atom stereocenters. The molecule has 0 heterocycles. The summed E-state index contributed by atoms with van der Waals surface area (Å²) in [5, 5.41) is 0.0336. The van der Waals surface area contributed by atoms with Crippen LogP contribution >= 0.6 is 11.8 Å². The Bertz CT molecular complexity index is 486. The highest BCUT2D eigenvalue weighted by molar-refractivity contribution is 8.13. The van der Waals surface area contributed by atoms with Crippen molar-refractivity contribution in [2.45, 2.75) is 13.3 Å². The second-order valence-electron chi connectivity index (χ2n) is 3.21. The molecule has 0 spiro atoms. The Morgan fingerprint density at radius 1 is 1.53 bits per heavy atom. The molecule has 4 heteroatoms. The van der Waals surface area contributed by atoms with Gasteiger partial charge >= 0.3 is 0 Å². The minimum atomic E-state index is -0.499. The van der Waals surface area contributed by atoms with Crippen molar-refractivity contribution in [2.24, 2.45) is 0 Å². The van der Waals surface area contributed by atoms with Crippen LogP contribution in [-0.2, 0) is 4.79 Å². The van der Waals surface area contributed by atoms with E-state index in [1.165, 1.54) is 36.9 Å². The van der Waals surface area contributed by atoms with Gasteiger partial charge in [-0.05, 0) is 6.07 Å². The summed E-state index contributed by atoms with van der Waals surface area (Å²) in [5.41, 5.74) is 0.368. The summed E-state index contributed by atoms with van der Waals surface area (Å²) in [5.74, 6) is 5.45. The zero-order valence-corrected chi connectivity index (χ0v) is 10.1. The maximum Gasteiger partial charge on any atom is 0.185 e. The van der Waals surface area contributed by atoms with Gasteiger partial charge in [0.15, 0.2) is 11.4 Å². The normalized spacial score (nSPS) is 9.29. The smallest absolute Gasteiger partial charge is 0.185 e. The minimum Gasteiger partial charge on any atom is -0.298 e. The molecule has 0 amide bonds. The lowest BCUT2D eigenvalue weighted by Gasteiger charge is -1.97. The molecule has 0 bridgehead atoms. The number of carbonyl (C=O) groups excluding carboxylic acids is 2. The first-order valence-corrected chi connectivity index (χ1v) is 5.99. The largest absolute Gasteiger partial charge is 0.298 e. The van der Waals surface area contributed by atoms with Crippen LogP contribution in [0.2, 0.25) is 0 Å². The quantitative estimate of drug-likeness (QED) is 0.470. The van der Waals surface area contributed by atoms with Crippen molar-refractivity contribution in [3.8, 4) is 11.8 Å². The number of rotatable bonds is 3. The van der Waals surface area contributed by atoms with Crippen LogP contribution in [0.15, 0.2) is 18.2 Å². The summed E-state index contributed by atoms with van der Waals surface area (Å²) in [6.07, 6.45) is 1.06. The molecule has 1 aromatic rings. The first kappa shape index (κ1) is 13.5. The van der Waals surface area contributed by atoms with E-state index < -0.39 is 5.82 Å². The Kier molecular flexibility index (Phi) is 5.44. The third kappa shape index (κ3) is 4.41. The monoisotopic (exact) mass is 250 g/mol. The van der Waals surface area contributed by atoms with Gasteiger partial charge in [0.25, 0.3) is 0 Å². The van der Waals surface area contributed by atoms with Crippen molar-refractivity contribution >= 4 is 23.2 Å². The van der Waals surface area contributed by atoms with Gasteiger partial charge in [-0.15, -0.1) is 0 Å². The molecule has 0 atom stereocenters. The molecule has 1 rings (SSSR count). The van der Waals surface area contributed by atoms with Crippen molar-refractivity contribution in [3.63, 3.8) is 0 Å². The predicted octanol–water partition coefficient (Wildman–Crippen LogP) is 2.66. The van der Waals surface area contributed by atoms with Crippen LogP contribution in [0.5, 0.6) is 0 Å². The Morgan fingerprint density at radius 3 is 2.94 bits per heavy atom. The lowest BCUT2D eigenvalue weighted by molar-refractivity contribution is -0.109. The Balaban J connectivity index is 2.71. The molecule has 0 saturated heterocycles. The summed E-state index contributed by atoms with van der Waals surface area (Å²) in [7, 11) is 0. The first-order valence-electron chi connectivity index (χ1n) is 5.01. The molecule has 0 aliphatic carbocycles. The second kappa shape index (κ2) is 6.87. The Morgan fingerprint density at radius 2 is 2.29 bits per heavy atom. The van der Waals surface area contributed by atoms with E-state index in [0.717, 1.165) is 0 Å². The molecule has 88 valence electrons. The molecule has 17 heavy (non-hydrogen) atoms. The summed E-state index contributed by atoms with van der Waals surface area (Å²) in [6.45, 7) is 1.49. The minimum absolute atomic E-state index is 0.0336. The fourth-order valence-electron chi connectivity index (χ4n) is 1.17. The SMILES string of the molecule is CC(=O)SCCC#Cc1c(F)cccc1C=O. The Labute approximate surface area is 104 Å². The maximum atomic E-state index is 13.4. The molecule has 0 aliphatic rings. The third-order valence-electron chi connectivity index (χ3n) is 1.92. The molecule has 0 saturated carbocycles. The van der Waals surface area contributed by atoms with E-state index in [9.17, 15) is 14.0 Å². The average molecular weight is 250 g/mol. The van der Waals surface area contributed by atoms with Gasteiger partial charge in [-0.1, -0.05) is 35.7 Å². The predicted molar refractivity (Wildman–Crippen MR) is 66.4 cm³/mol. The lowest BCUT2D eigenvalue weighted by Crippen LogP contribution is -1.92. The second-order valence-corrected chi connectivity index (χ2v) is 4.49. The van der Waals surface area contributed by atoms with E-state index in [2.05, 4.69) is 11.8 Å². The highest BCUT2D eigenvalue weighted by Crippen LogP contribution is 2.10. The number of carbonyl (C=O) groups is 2. The molecule has 0 fully saturated rings. The highest BCUT2D eigenvalue weighted by Gasteiger charge is 2.03. The van der Waals surface area contributed by atoms with Gasteiger partial charge in [-0.25, -0.2) is 4.39 Å². The molecular weight excluding hydrogens is 239 g/mol. The fourth-order valence-corrected chi connectivity index (χ4v) is 1.66. The Hall–Kier alpha value is -1.60. The van der Waals surface area contributed by atoms with Crippen LogP contribution in [0, 0.1) is 17.7 Å². The summed E-state index contributed by atoms with van der Waals surface area (Å²) in [4.78, 5) is 21.3. The van der Waals surface area contributed by atoms with Crippen LogP contribution in [0.1, 0.15) is 29.3 Å². The molecule has 0 N–H and O–H groups in total. The van der Waals surface area contributed by atoms with Crippen LogP contribution in [0.4, 0.5) is 4.39 Å². The van der Waals surface area contributed by atoms with Crippen molar-refractivity contribution < 1.29 is 14.0 Å². The van der Waals surface area contributed by atoms with Crippen molar-refractivity contribution in [3.05, 3.63) is 35.1 Å². The maximum absolute atomic E-state index is 13.4. The topological polar surface area (TPSA) is 34.1 Å². The number of hydrogen-bond donors (Lipinski definition) is 0. The molecule has 0 radical (unpaired) electrons. The van der Waals surface area contributed by atoms with Gasteiger partial charge in [0.2, 0.25) is 0 Å². The molecule has 0 aromatic heterocycles. The number of halogens is 1. The van der Waals surface area contributed by atoms with Crippen LogP contribution < -0.4 is 0 Å². The van der Waals surface area contributed by atoms with Crippen LogP contribution in [0.3, 0.4) is 0 Å². The standard InChI is InChI=1S/C13H11FO2S/c1-10(16)17-8-3-2-6-12-11(9-15)5-4-7-13(12)14/h4-5,7,9H,3,8H2,1H3. The first-order chi connectivity index (χ1) is 8.15. The summed E-state index contributed by atoms with van der Waals surface area (Å²) < 4.78 is 13.4. The fraction of sp³-hybridized carbons (Fsp3) is 0.231. The van der Waals surface area contributed by atoms with E-state index in [0.29, 0.717) is 18.5 Å². The highest BCUT2D eigenvalue weighted by atomic mass is 32.2. The van der Waals surface area contributed by atoms with Crippen LogP contribution in [-0.4, -0.2) is 17.2 Å². The zero-order valence-electron chi connectivity index (χ0n) is 9.33. The van der Waals surface area contributed by atoms with Gasteiger partial charge in [-0.2, -0.15) is 0 Å². The average Bonchev–Trinajstić information content (AvgIpc) is 2.30. The third-order valence-corrected chi connectivity index (χ3v) is 2.73. The summed E-state index contributed by atoms with van der Waals surface area (Å²) in [6, 6.07) is 4.25. The van der Waals surface area contributed by atoms with Crippen LogP contribution in [0.25, 0.3) is 0 Å². The van der Waals surface area contributed by atoms with Gasteiger partial charge in [0, 0.05) is 24.7 Å². The molecule has 1 aromatic carbocycles. The molecular formula is C13H11FO2S. The lowest BCUT2D eigenvalue weighted by atomic mass is 10.1. The molecule has 0 aliphatic heterocycles. The van der Waals surface area contributed by atoms with E-state index >= 15 is 0 Å². The van der Waals surface area contributed by atoms with Crippen molar-refractivity contribution in [1.29, 1.82) is 0 Å². The number of aldehydes is 1. The summed E-state index contributed by atoms with van der Waals surface area (Å²) >= 11 is 1.18. The van der Waals surface area contributed by atoms with Crippen molar-refractivity contribution in [1.82, 2.24) is 0 Å². The van der Waals surface area contributed by atoms with E-state index in [1.807, 2.05) is 0 Å².